The molecule has 1 aromatic carbocycles. The van der Waals surface area contributed by atoms with Crippen LogP contribution in [0.4, 0.5) is 0 Å². The Kier molecular flexibility index (Phi) is 4.12. The summed E-state index contributed by atoms with van der Waals surface area (Å²) in [6.07, 6.45) is 1.33. The SMILES string of the molecule is Cc1csc2ncc(C(=O)N[C@H](C)c3ccc4c(c3)OCCO4)c(=O)n12. The molecule has 0 fully saturated rings. The summed E-state index contributed by atoms with van der Waals surface area (Å²) in [6.45, 7) is 4.69. The van der Waals surface area contributed by atoms with Crippen LogP contribution in [0.25, 0.3) is 4.96 Å². The van der Waals surface area contributed by atoms with E-state index >= 15 is 0 Å². The summed E-state index contributed by atoms with van der Waals surface area (Å²) >= 11 is 1.37. The molecule has 7 nitrogen and oxygen atoms in total. The Balaban J connectivity index is 1.59. The first-order valence-electron chi connectivity index (χ1n) is 8.21. The second-order valence-electron chi connectivity index (χ2n) is 6.07. The number of aryl methyl sites for hydroxylation is 1. The van der Waals surface area contributed by atoms with Gasteiger partial charge in [0.15, 0.2) is 16.5 Å². The Labute approximate surface area is 153 Å². The molecule has 0 spiro atoms. The van der Waals surface area contributed by atoms with Crippen molar-refractivity contribution in [3.8, 4) is 11.5 Å². The van der Waals surface area contributed by atoms with Crippen molar-refractivity contribution < 1.29 is 14.3 Å². The third-order valence-electron chi connectivity index (χ3n) is 4.27. The van der Waals surface area contributed by atoms with Gasteiger partial charge in [-0.25, -0.2) is 4.98 Å². The zero-order chi connectivity index (χ0) is 18.3. The highest BCUT2D eigenvalue weighted by atomic mass is 32.1. The number of amides is 1. The Bertz CT molecular complexity index is 1060. The highest BCUT2D eigenvalue weighted by molar-refractivity contribution is 7.15. The lowest BCUT2D eigenvalue weighted by molar-refractivity contribution is 0.0937. The standard InChI is InChI=1S/C18H17N3O4S/c1-10-9-26-18-19-8-13(17(23)21(10)18)16(22)20-11(2)12-3-4-14-15(7-12)25-6-5-24-14/h3-4,7-9,11H,5-6H2,1-2H3,(H,20,22)/t11-/m1/s1. The maximum Gasteiger partial charge on any atom is 0.271 e. The molecule has 26 heavy (non-hydrogen) atoms. The average molecular weight is 371 g/mol. The molecule has 3 heterocycles. The lowest BCUT2D eigenvalue weighted by Gasteiger charge is -2.21. The average Bonchev–Trinajstić information content (AvgIpc) is 3.03. The van der Waals surface area contributed by atoms with E-state index < -0.39 is 5.91 Å². The summed E-state index contributed by atoms with van der Waals surface area (Å²) < 4.78 is 12.5. The molecule has 0 saturated heterocycles. The molecule has 0 unspecified atom stereocenters. The second kappa shape index (κ2) is 6.45. The van der Waals surface area contributed by atoms with Crippen LogP contribution in [0.1, 0.15) is 34.6 Å². The Morgan fingerprint density at radius 3 is 2.88 bits per heavy atom. The van der Waals surface area contributed by atoms with E-state index in [0.717, 1.165) is 11.3 Å². The second-order valence-corrected chi connectivity index (χ2v) is 6.91. The molecule has 1 N–H and O–H groups in total. The first kappa shape index (κ1) is 16.6. The molecule has 1 aliphatic heterocycles. The van der Waals surface area contributed by atoms with Gasteiger partial charge in [-0.05, 0) is 31.5 Å². The highest BCUT2D eigenvalue weighted by Gasteiger charge is 2.19. The molecule has 1 aliphatic rings. The molecule has 1 atom stereocenters. The summed E-state index contributed by atoms with van der Waals surface area (Å²) in [6, 6.07) is 5.23. The minimum Gasteiger partial charge on any atom is -0.486 e. The molecule has 1 amide bonds. The van der Waals surface area contributed by atoms with Crippen LogP contribution in [0.2, 0.25) is 0 Å². The van der Waals surface area contributed by atoms with Crippen molar-refractivity contribution in [1.29, 1.82) is 0 Å². The van der Waals surface area contributed by atoms with E-state index in [0.29, 0.717) is 29.7 Å². The smallest absolute Gasteiger partial charge is 0.271 e. The van der Waals surface area contributed by atoms with Crippen LogP contribution in [0.3, 0.4) is 0 Å². The number of hydrogen-bond donors (Lipinski definition) is 1. The largest absolute Gasteiger partial charge is 0.486 e. The fourth-order valence-electron chi connectivity index (χ4n) is 2.87. The van der Waals surface area contributed by atoms with Crippen molar-refractivity contribution in [1.82, 2.24) is 14.7 Å². The van der Waals surface area contributed by atoms with E-state index in [2.05, 4.69) is 10.3 Å². The molecule has 134 valence electrons. The van der Waals surface area contributed by atoms with Gasteiger partial charge in [-0.15, -0.1) is 11.3 Å². The number of carbonyl (C=O) groups excluding carboxylic acids is 1. The Morgan fingerprint density at radius 1 is 1.31 bits per heavy atom. The summed E-state index contributed by atoms with van der Waals surface area (Å²) in [5.41, 5.74) is 1.29. The Morgan fingerprint density at radius 2 is 2.08 bits per heavy atom. The van der Waals surface area contributed by atoms with E-state index in [9.17, 15) is 9.59 Å². The molecule has 4 rings (SSSR count). The van der Waals surface area contributed by atoms with Gasteiger partial charge in [0.05, 0.1) is 6.04 Å². The van der Waals surface area contributed by atoms with E-state index in [4.69, 9.17) is 9.47 Å². The maximum atomic E-state index is 12.6. The number of hydrogen-bond acceptors (Lipinski definition) is 6. The van der Waals surface area contributed by atoms with Gasteiger partial charge in [-0.2, -0.15) is 0 Å². The predicted octanol–water partition coefficient (Wildman–Crippen LogP) is 2.33. The quantitative estimate of drug-likeness (QED) is 0.764. The number of nitrogens with one attached hydrogen (secondary N) is 1. The highest BCUT2D eigenvalue weighted by Crippen LogP contribution is 2.32. The number of ether oxygens (including phenoxy) is 2. The summed E-state index contributed by atoms with van der Waals surface area (Å²) in [5.74, 6) is 0.899. The number of fused-ring (bicyclic) bond motifs is 2. The van der Waals surface area contributed by atoms with E-state index in [1.54, 1.807) is 0 Å². The van der Waals surface area contributed by atoms with E-state index in [1.807, 2.05) is 37.4 Å². The molecule has 3 aromatic rings. The van der Waals surface area contributed by atoms with Gasteiger partial charge in [-0.1, -0.05) is 6.07 Å². The number of aromatic nitrogens is 2. The topological polar surface area (TPSA) is 81.9 Å². The van der Waals surface area contributed by atoms with Crippen LogP contribution in [-0.2, 0) is 0 Å². The van der Waals surface area contributed by atoms with Crippen molar-refractivity contribution in [3.05, 3.63) is 57.0 Å². The summed E-state index contributed by atoms with van der Waals surface area (Å²) in [5, 5.41) is 4.69. The van der Waals surface area contributed by atoms with Gasteiger partial charge in [0.1, 0.15) is 18.8 Å². The summed E-state index contributed by atoms with van der Waals surface area (Å²) in [7, 11) is 0. The fourth-order valence-corrected chi connectivity index (χ4v) is 3.69. The van der Waals surface area contributed by atoms with Gasteiger partial charge in [0, 0.05) is 17.3 Å². The van der Waals surface area contributed by atoms with Crippen LogP contribution in [0.5, 0.6) is 11.5 Å². The molecule has 0 bridgehead atoms. The van der Waals surface area contributed by atoms with Gasteiger partial charge < -0.3 is 14.8 Å². The van der Waals surface area contributed by atoms with Crippen LogP contribution in [0.15, 0.2) is 34.6 Å². The zero-order valence-electron chi connectivity index (χ0n) is 14.3. The lowest BCUT2D eigenvalue weighted by atomic mass is 10.1. The number of rotatable bonds is 3. The molecular formula is C18H17N3O4S. The molecule has 2 aromatic heterocycles. The fraction of sp³-hybridized carbons (Fsp3) is 0.278. The normalized spacial score (nSPS) is 14.2. The van der Waals surface area contributed by atoms with E-state index in [-0.39, 0.29) is 17.2 Å². The Hall–Kier alpha value is -2.87. The minimum atomic E-state index is -0.454. The first-order chi connectivity index (χ1) is 12.5. The zero-order valence-corrected chi connectivity index (χ0v) is 15.1. The third-order valence-corrected chi connectivity index (χ3v) is 5.23. The number of thiazole rings is 1. The van der Waals surface area contributed by atoms with Crippen LogP contribution in [0, 0.1) is 6.92 Å². The first-order valence-corrected chi connectivity index (χ1v) is 9.09. The minimum absolute atomic E-state index is 0.0217. The van der Waals surface area contributed by atoms with Crippen molar-refractivity contribution >= 4 is 22.2 Å². The monoisotopic (exact) mass is 371 g/mol. The van der Waals surface area contributed by atoms with E-state index in [1.165, 1.54) is 21.9 Å². The van der Waals surface area contributed by atoms with Crippen LogP contribution >= 0.6 is 11.3 Å². The predicted molar refractivity (Wildman–Crippen MR) is 97.4 cm³/mol. The number of carbonyl (C=O) groups is 1. The van der Waals surface area contributed by atoms with Crippen LogP contribution < -0.4 is 20.3 Å². The number of nitrogens with zero attached hydrogens (tertiary/aromatic N) is 2. The number of benzene rings is 1. The van der Waals surface area contributed by atoms with Crippen molar-refractivity contribution in [2.24, 2.45) is 0 Å². The maximum absolute atomic E-state index is 12.6. The molecule has 8 heteroatoms. The van der Waals surface area contributed by atoms with Gasteiger partial charge in [-0.3, -0.25) is 14.0 Å². The molecular weight excluding hydrogens is 354 g/mol. The van der Waals surface area contributed by atoms with Crippen LogP contribution in [-0.4, -0.2) is 28.5 Å². The van der Waals surface area contributed by atoms with Gasteiger partial charge in [0.2, 0.25) is 0 Å². The van der Waals surface area contributed by atoms with Crippen molar-refractivity contribution in [3.63, 3.8) is 0 Å². The summed E-state index contributed by atoms with van der Waals surface area (Å²) in [4.78, 5) is 30.0. The van der Waals surface area contributed by atoms with Gasteiger partial charge >= 0.3 is 0 Å². The third kappa shape index (κ3) is 2.82. The molecule has 0 saturated carbocycles. The molecule has 0 radical (unpaired) electrons. The van der Waals surface area contributed by atoms with Gasteiger partial charge in [0.25, 0.3) is 11.5 Å². The lowest BCUT2D eigenvalue weighted by Crippen LogP contribution is -2.33. The molecule has 0 aliphatic carbocycles. The van der Waals surface area contributed by atoms with Crippen molar-refractivity contribution in [2.45, 2.75) is 19.9 Å². The van der Waals surface area contributed by atoms with Crippen molar-refractivity contribution in [2.75, 3.05) is 13.2 Å².